The average Bonchev–Trinajstić information content (AvgIpc) is 3.53. The zero-order valence-electron chi connectivity index (χ0n) is 20.3. The first kappa shape index (κ1) is 27.3. The van der Waals surface area contributed by atoms with Crippen molar-refractivity contribution in [1.82, 2.24) is 9.34 Å². The van der Waals surface area contributed by atoms with E-state index in [1.165, 1.54) is 29.6 Å². The molecule has 12 heteroatoms. The second kappa shape index (κ2) is 10.3. The van der Waals surface area contributed by atoms with Crippen LogP contribution in [-0.4, -0.2) is 101 Å². The lowest BCUT2D eigenvalue weighted by molar-refractivity contribution is -0.145. The summed E-state index contributed by atoms with van der Waals surface area (Å²) < 4.78 is 39.3. The Labute approximate surface area is 200 Å². The molecular formula is C22H37N2O9P. The summed E-state index contributed by atoms with van der Waals surface area (Å²) in [5.74, 6) is -1.07. The number of aliphatic hydroxyl groups is 2. The molecule has 0 aromatic rings. The summed E-state index contributed by atoms with van der Waals surface area (Å²) in [6.45, 7) is 7.24. The Morgan fingerprint density at radius 2 is 1.62 bits per heavy atom. The number of hydrogen-bond donors (Lipinski definition) is 2. The summed E-state index contributed by atoms with van der Waals surface area (Å²) in [7, 11) is -1.43. The van der Waals surface area contributed by atoms with Crippen molar-refractivity contribution in [3.63, 3.8) is 0 Å². The van der Waals surface area contributed by atoms with E-state index < -0.39 is 55.1 Å². The van der Waals surface area contributed by atoms with E-state index in [9.17, 15) is 24.4 Å². The molecule has 3 fully saturated rings. The van der Waals surface area contributed by atoms with Crippen molar-refractivity contribution < 1.29 is 43.1 Å². The van der Waals surface area contributed by atoms with Crippen molar-refractivity contribution in [3.8, 4) is 0 Å². The molecular weight excluding hydrogens is 467 g/mol. The van der Waals surface area contributed by atoms with E-state index in [0.717, 1.165) is 0 Å². The van der Waals surface area contributed by atoms with Crippen molar-refractivity contribution in [2.45, 2.75) is 81.4 Å². The highest BCUT2D eigenvalue weighted by atomic mass is 31.2. The third kappa shape index (κ3) is 4.59. The summed E-state index contributed by atoms with van der Waals surface area (Å²) in [4.78, 5) is 24.9. The van der Waals surface area contributed by atoms with E-state index in [1.807, 2.05) is 0 Å². The maximum Gasteiger partial charge on any atom is 0.347 e. The fourth-order valence-electron chi connectivity index (χ4n) is 5.25. The number of hydrogen-bond acceptors (Lipinski definition) is 9. The van der Waals surface area contributed by atoms with Crippen molar-refractivity contribution in [2.75, 3.05) is 33.9 Å². The second-order valence-corrected chi connectivity index (χ2v) is 11.8. The Hall–Kier alpha value is -1.33. The first-order chi connectivity index (χ1) is 16.0. The number of rotatable bonds is 9. The third-order valence-corrected chi connectivity index (χ3v) is 9.98. The number of nitrogens with zero attached hydrogens (tertiary/aromatic N) is 2. The molecule has 34 heavy (non-hydrogen) atoms. The summed E-state index contributed by atoms with van der Waals surface area (Å²) in [6.07, 6.45) is 1.32. The van der Waals surface area contributed by atoms with Gasteiger partial charge in [0, 0.05) is 13.1 Å². The largest absolute Gasteiger partial charge is 0.468 e. The fourth-order valence-corrected chi connectivity index (χ4v) is 8.09. The Morgan fingerprint density at radius 1 is 1.12 bits per heavy atom. The van der Waals surface area contributed by atoms with Crippen LogP contribution in [0.15, 0.2) is 12.7 Å². The molecule has 3 saturated heterocycles. The molecule has 0 saturated carbocycles. The molecule has 0 spiro atoms. The van der Waals surface area contributed by atoms with E-state index in [-0.39, 0.29) is 13.0 Å². The topological polar surface area (TPSA) is 135 Å². The lowest BCUT2D eigenvalue weighted by Crippen LogP contribution is -2.53. The second-order valence-electron chi connectivity index (χ2n) is 9.50. The lowest BCUT2D eigenvalue weighted by atomic mass is 9.80. The minimum atomic E-state index is -3.97. The zero-order valence-corrected chi connectivity index (χ0v) is 21.2. The average molecular weight is 505 g/mol. The number of carbonyl (C=O) groups excluding carboxylic acids is 2. The first-order valence-electron chi connectivity index (χ1n) is 11.6. The van der Waals surface area contributed by atoms with Gasteiger partial charge in [-0.15, -0.1) is 6.58 Å². The summed E-state index contributed by atoms with van der Waals surface area (Å²) >= 11 is 0. The van der Waals surface area contributed by atoms with Gasteiger partial charge >= 0.3 is 19.6 Å². The zero-order chi connectivity index (χ0) is 25.3. The molecule has 11 nitrogen and oxygen atoms in total. The minimum absolute atomic E-state index is 0.0857. The molecule has 194 valence electrons. The Bertz CT molecular complexity index is 799. The number of methoxy groups -OCH3 is 2. The highest BCUT2D eigenvalue weighted by Gasteiger charge is 2.60. The maximum absolute atomic E-state index is 14.6. The van der Waals surface area contributed by atoms with Crippen LogP contribution < -0.4 is 0 Å². The molecule has 0 aromatic heterocycles. The molecule has 0 amide bonds. The van der Waals surface area contributed by atoms with Gasteiger partial charge in [-0.3, -0.25) is 14.2 Å². The smallest absolute Gasteiger partial charge is 0.347 e. The van der Waals surface area contributed by atoms with Crippen LogP contribution in [-0.2, 0) is 32.9 Å². The van der Waals surface area contributed by atoms with E-state index in [4.69, 9.17) is 18.7 Å². The molecule has 3 aliphatic rings. The molecule has 0 bridgehead atoms. The molecule has 0 radical (unpaired) electrons. The predicted octanol–water partition coefficient (Wildman–Crippen LogP) is 1.23. The SMILES string of the molecule is C=CCC1(O)C(O)C(COP(=O)(N2CCCC2C(=O)OC)N2CCCC2C(=O)OC)OC1(C)C. The van der Waals surface area contributed by atoms with Crippen LogP contribution in [0.4, 0.5) is 0 Å². The van der Waals surface area contributed by atoms with Crippen molar-refractivity contribution >= 4 is 19.6 Å². The summed E-state index contributed by atoms with van der Waals surface area (Å²) in [6, 6.07) is -1.59. The van der Waals surface area contributed by atoms with Crippen LogP contribution in [0.2, 0.25) is 0 Å². The Balaban J connectivity index is 1.91. The van der Waals surface area contributed by atoms with E-state index in [0.29, 0.717) is 38.8 Å². The van der Waals surface area contributed by atoms with Crippen LogP contribution in [0.3, 0.4) is 0 Å². The van der Waals surface area contributed by atoms with Crippen LogP contribution in [0, 0.1) is 0 Å². The fraction of sp³-hybridized carbons (Fsp3) is 0.818. The standard InChI is InChI=1S/C22H37N2O9P/c1-6-11-22(28)18(25)17(33-21(22,2)3)14-32-34(29,23-12-7-9-15(23)19(26)30-4)24-13-8-10-16(24)20(27)31-5/h6,15-18,25,28H,1,7-14H2,2-5H3. The van der Waals surface area contributed by atoms with Gasteiger partial charge in [-0.1, -0.05) is 6.08 Å². The van der Waals surface area contributed by atoms with Crippen LogP contribution >= 0.6 is 7.67 Å². The normalized spacial score (nSPS) is 35.7. The van der Waals surface area contributed by atoms with Gasteiger partial charge in [0.1, 0.15) is 29.9 Å². The maximum atomic E-state index is 14.6. The predicted molar refractivity (Wildman–Crippen MR) is 122 cm³/mol. The van der Waals surface area contributed by atoms with E-state index >= 15 is 0 Å². The number of carbonyl (C=O) groups is 2. The van der Waals surface area contributed by atoms with Crippen molar-refractivity contribution in [2.24, 2.45) is 0 Å². The van der Waals surface area contributed by atoms with Crippen molar-refractivity contribution in [1.29, 1.82) is 0 Å². The summed E-state index contributed by atoms with van der Waals surface area (Å²) in [5.41, 5.74) is -2.74. The Kier molecular flexibility index (Phi) is 8.29. The molecule has 3 heterocycles. The number of esters is 2. The Morgan fingerprint density at radius 3 is 2.06 bits per heavy atom. The highest BCUT2D eigenvalue weighted by Crippen LogP contribution is 2.60. The number of aliphatic hydroxyl groups excluding tert-OH is 1. The van der Waals surface area contributed by atoms with Gasteiger partial charge in [-0.2, -0.15) is 0 Å². The van der Waals surface area contributed by atoms with Gasteiger partial charge in [0.2, 0.25) is 0 Å². The molecule has 5 atom stereocenters. The van der Waals surface area contributed by atoms with Gasteiger partial charge in [0.15, 0.2) is 0 Å². The third-order valence-electron chi connectivity index (χ3n) is 7.24. The van der Waals surface area contributed by atoms with Crippen LogP contribution in [0.5, 0.6) is 0 Å². The van der Waals surface area contributed by atoms with Crippen LogP contribution in [0.1, 0.15) is 46.0 Å². The van der Waals surface area contributed by atoms with Gasteiger partial charge in [0.25, 0.3) is 0 Å². The van der Waals surface area contributed by atoms with Gasteiger partial charge in [-0.05, 0) is 46.0 Å². The van der Waals surface area contributed by atoms with E-state index in [1.54, 1.807) is 13.8 Å². The summed E-state index contributed by atoms with van der Waals surface area (Å²) in [5, 5.41) is 22.0. The van der Waals surface area contributed by atoms with Crippen LogP contribution in [0.25, 0.3) is 0 Å². The van der Waals surface area contributed by atoms with E-state index in [2.05, 4.69) is 6.58 Å². The molecule has 3 rings (SSSR count). The first-order valence-corrected chi connectivity index (χ1v) is 13.1. The minimum Gasteiger partial charge on any atom is -0.468 e. The van der Waals surface area contributed by atoms with Gasteiger partial charge in [-0.25, -0.2) is 9.34 Å². The number of ether oxygens (including phenoxy) is 3. The highest BCUT2D eigenvalue weighted by molar-refractivity contribution is 7.54. The molecule has 5 unspecified atom stereocenters. The quantitative estimate of drug-likeness (QED) is 0.267. The lowest BCUT2D eigenvalue weighted by Gasteiger charge is -2.38. The molecule has 0 aliphatic carbocycles. The monoisotopic (exact) mass is 504 g/mol. The van der Waals surface area contributed by atoms with Crippen molar-refractivity contribution in [3.05, 3.63) is 12.7 Å². The molecule has 0 aromatic carbocycles. The van der Waals surface area contributed by atoms with Gasteiger partial charge < -0.3 is 28.9 Å². The van der Waals surface area contributed by atoms with Gasteiger partial charge in [0.05, 0.1) is 26.4 Å². The molecule has 2 N–H and O–H groups in total. The molecule has 3 aliphatic heterocycles.